The first-order chi connectivity index (χ1) is 18.1. The topological polar surface area (TPSA) is 65.8 Å². The lowest BCUT2D eigenvalue weighted by Gasteiger charge is -2.46. The van der Waals surface area contributed by atoms with Crippen molar-refractivity contribution in [2.24, 2.45) is 0 Å². The molecular weight excluding hydrogens is 462 g/mol. The van der Waals surface area contributed by atoms with Gasteiger partial charge in [0.2, 0.25) is 0 Å². The van der Waals surface area contributed by atoms with Gasteiger partial charge in [0.25, 0.3) is 0 Å². The van der Waals surface area contributed by atoms with E-state index in [2.05, 4.69) is 34.9 Å². The van der Waals surface area contributed by atoms with Crippen LogP contribution in [0.25, 0.3) is 5.57 Å². The zero-order valence-electron chi connectivity index (χ0n) is 21.5. The van der Waals surface area contributed by atoms with Crippen LogP contribution in [0.3, 0.4) is 0 Å². The average Bonchev–Trinajstić information content (AvgIpc) is 3.31. The van der Waals surface area contributed by atoms with Crippen molar-refractivity contribution in [3.8, 4) is 6.07 Å². The predicted molar refractivity (Wildman–Crippen MR) is 142 cm³/mol. The first kappa shape index (κ1) is 23.2. The summed E-state index contributed by atoms with van der Waals surface area (Å²) < 4.78 is 11.3. The highest BCUT2D eigenvalue weighted by Crippen LogP contribution is 2.55. The number of Topliss-reactive ketones (excluding diaryl/α,β-unsaturated/α-hetero) is 1. The van der Waals surface area contributed by atoms with E-state index in [-0.39, 0.29) is 11.2 Å². The van der Waals surface area contributed by atoms with Crippen molar-refractivity contribution in [2.75, 3.05) is 57.5 Å². The first-order valence-corrected chi connectivity index (χ1v) is 13.8. The van der Waals surface area contributed by atoms with Gasteiger partial charge in [-0.15, -0.1) is 0 Å². The number of hydrogen-bond donors (Lipinski definition) is 0. The van der Waals surface area contributed by atoms with Crippen LogP contribution in [0.4, 0.5) is 5.69 Å². The number of aryl methyl sites for hydroxylation is 1. The van der Waals surface area contributed by atoms with Crippen molar-refractivity contribution in [1.29, 1.82) is 5.26 Å². The van der Waals surface area contributed by atoms with Crippen LogP contribution in [0.15, 0.2) is 35.9 Å². The molecule has 0 aromatic heterocycles. The number of ketones is 1. The molecule has 0 unspecified atom stereocenters. The molecule has 6 heteroatoms. The van der Waals surface area contributed by atoms with E-state index in [4.69, 9.17) is 9.47 Å². The third kappa shape index (κ3) is 3.45. The lowest BCUT2D eigenvalue weighted by molar-refractivity contribution is -0.0660. The molecule has 0 bridgehead atoms. The van der Waals surface area contributed by atoms with Crippen molar-refractivity contribution in [1.82, 2.24) is 4.90 Å². The highest BCUT2D eigenvalue weighted by molar-refractivity contribution is 6.33. The van der Waals surface area contributed by atoms with Crippen LogP contribution in [0, 0.1) is 11.3 Å². The molecule has 0 N–H and O–H groups in total. The average molecular weight is 496 g/mol. The molecule has 5 aliphatic rings. The van der Waals surface area contributed by atoms with Crippen LogP contribution in [0.2, 0.25) is 0 Å². The molecule has 0 saturated carbocycles. The van der Waals surface area contributed by atoms with Gasteiger partial charge in [-0.2, -0.15) is 5.26 Å². The quantitative estimate of drug-likeness (QED) is 0.644. The molecule has 6 nitrogen and oxygen atoms in total. The van der Waals surface area contributed by atoms with Crippen LogP contribution < -0.4 is 4.90 Å². The summed E-state index contributed by atoms with van der Waals surface area (Å²) in [7, 11) is 0. The Hall–Kier alpha value is -2.98. The Balaban J connectivity index is 1.32. The second kappa shape index (κ2) is 8.80. The summed E-state index contributed by atoms with van der Waals surface area (Å²) >= 11 is 0. The SMILES string of the molecule is CCc1cc2c(cc1N1CCN(C3COC3)CC1)C1(CCOCC1)C1=C(C2=O)c2ccc(C#N)cc2C1. The Labute approximate surface area is 218 Å². The van der Waals surface area contributed by atoms with Gasteiger partial charge in [0.15, 0.2) is 5.78 Å². The largest absolute Gasteiger partial charge is 0.381 e. The van der Waals surface area contributed by atoms with Gasteiger partial charge in [0, 0.05) is 61.6 Å². The number of nitrogens with zero attached hydrogens (tertiary/aromatic N) is 3. The molecule has 2 aromatic rings. The molecule has 3 saturated heterocycles. The van der Waals surface area contributed by atoms with Gasteiger partial charge >= 0.3 is 0 Å². The number of rotatable bonds is 3. The summed E-state index contributed by atoms with van der Waals surface area (Å²) in [5.74, 6) is 0.154. The van der Waals surface area contributed by atoms with E-state index in [9.17, 15) is 10.1 Å². The number of benzene rings is 2. The minimum Gasteiger partial charge on any atom is -0.381 e. The molecule has 3 heterocycles. The highest BCUT2D eigenvalue weighted by atomic mass is 16.5. The van der Waals surface area contributed by atoms with Crippen LogP contribution >= 0.6 is 0 Å². The van der Waals surface area contributed by atoms with Crippen LogP contribution in [0.5, 0.6) is 0 Å². The number of fused-ring (bicyclic) bond motifs is 5. The van der Waals surface area contributed by atoms with Crippen LogP contribution in [-0.2, 0) is 27.7 Å². The fourth-order valence-electron chi connectivity index (χ4n) is 7.31. The Kier molecular flexibility index (Phi) is 5.51. The van der Waals surface area contributed by atoms with Crippen molar-refractivity contribution in [3.05, 3.63) is 69.3 Å². The van der Waals surface area contributed by atoms with E-state index in [1.807, 2.05) is 18.2 Å². The fraction of sp³-hybridized carbons (Fsp3) is 0.484. The maximum atomic E-state index is 14.2. The van der Waals surface area contributed by atoms with E-state index in [1.165, 1.54) is 22.4 Å². The summed E-state index contributed by atoms with van der Waals surface area (Å²) in [6, 6.07) is 13.3. The third-order valence-electron chi connectivity index (χ3n) is 9.48. The summed E-state index contributed by atoms with van der Waals surface area (Å²) in [4.78, 5) is 19.3. The van der Waals surface area contributed by atoms with Crippen LogP contribution in [-0.4, -0.2) is 69.3 Å². The van der Waals surface area contributed by atoms with Gasteiger partial charge in [0.1, 0.15) is 0 Å². The minimum atomic E-state index is -0.186. The van der Waals surface area contributed by atoms with Crippen molar-refractivity contribution < 1.29 is 14.3 Å². The molecule has 0 atom stereocenters. The number of anilines is 1. The number of allylic oxidation sites excluding steroid dienone is 2. The number of carbonyl (C=O) groups is 1. The van der Waals surface area contributed by atoms with E-state index in [0.717, 1.165) is 87.3 Å². The van der Waals surface area contributed by atoms with Crippen molar-refractivity contribution >= 4 is 17.0 Å². The molecule has 3 aliphatic heterocycles. The molecular formula is C31H33N3O3. The summed E-state index contributed by atoms with van der Waals surface area (Å²) in [6.45, 7) is 9.45. The van der Waals surface area contributed by atoms with Gasteiger partial charge < -0.3 is 14.4 Å². The van der Waals surface area contributed by atoms with E-state index < -0.39 is 0 Å². The second-order valence-corrected chi connectivity index (χ2v) is 11.1. The van der Waals surface area contributed by atoms with Crippen molar-refractivity contribution in [3.63, 3.8) is 0 Å². The normalized spacial score (nSPS) is 22.9. The highest BCUT2D eigenvalue weighted by Gasteiger charge is 2.49. The molecule has 190 valence electrons. The standard InChI is InChI=1S/C31H33N3O3/c1-2-21-14-25-26(16-28(21)34-9-7-33(8-10-34)23-18-37-19-23)31(5-11-36-12-6-31)27-15-22-13-20(17-32)3-4-24(22)29(27)30(25)35/h3-4,13-14,16,23H,2,5-12,15,18-19H2,1H3. The van der Waals surface area contributed by atoms with E-state index >= 15 is 0 Å². The molecule has 0 amide bonds. The second-order valence-electron chi connectivity index (χ2n) is 11.1. The fourth-order valence-corrected chi connectivity index (χ4v) is 7.31. The van der Waals surface area contributed by atoms with Gasteiger partial charge in [-0.1, -0.05) is 13.0 Å². The summed E-state index contributed by atoms with van der Waals surface area (Å²) in [5.41, 5.74) is 9.40. The zero-order valence-corrected chi connectivity index (χ0v) is 21.5. The van der Waals surface area contributed by atoms with Gasteiger partial charge in [-0.05, 0) is 77.8 Å². The smallest absolute Gasteiger partial charge is 0.193 e. The minimum absolute atomic E-state index is 0.154. The molecule has 1 spiro atoms. The summed E-state index contributed by atoms with van der Waals surface area (Å²) in [5, 5.41) is 9.48. The summed E-state index contributed by atoms with van der Waals surface area (Å²) in [6.07, 6.45) is 3.44. The van der Waals surface area contributed by atoms with E-state index in [1.54, 1.807) is 0 Å². The first-order valence-electron chi connectivity index (χ1n) is 13.8. The Morgan fingerprint density at radius 3 is 2.49 bits per heavy atom. The maximum Gasteiger partial charge on any atom is 0.193 e. The predicted octanol–water partition coefficient (Wildman–Crippen LogP) is 3.90. The Bertz CT molecular complexity index is 1350. The maximum absolute atomic E-state index is 14.2. The monoisotopic (exact) mass is 495 g/mol. The molecule has 3 fully saturated rings. The Morgan fingerprint density at radius 1 is 1.03 bits per heavy atom. The molecule has 0 radical (unpaired) electrons. The number of carbonyl (C=O) groups excluding carboxylic acids is 1. The van der Waals surface area contributed by atoms with Gasteiger partial charge in [0.05, 0.1) is 30.9 Å². The number of hydrogen-bond acceptors (Lipinski definition) is 6. The Morgan fingerprint density at radius 2 is 1.81 bits per heavy atom. The molecule has 7 rings (SSSR count). The van der Waals surface area contributed by atoms with Gasteiger partial charge in [-0.3, -0.25) is 9.69 Å². The lowest BCUT2D eigenvalue weighted by atomic mass is 9.62. The molecule has 2 aromatic carbocycles. The zero-order chi connectivity index (χ0) is 25.1. The number of nitriles is 1. The van der Waals surface area contributed by atoms with Crippen LogP contribution in [0.1, 0.15) is 57.9 Å². The number of ether oxygens (including phenoxy) is 2. The molecule has 37 heavy (non-hydrogen) atoms. The number of piperazine rings is 1. The van der Waals surface area contributed by atoms with Crippen molar-refractivity contribution in [2.45, 2.75) is 44.1 Å². The lowest BCUT2D eigenvalue weighted by Crippen LogP contribution is -2.56. The van der Waals surface area contributed by atoms with E-state index in [0.29, 0.717) is 24.8 Å². The molecule has 2 aliphatic carbocycles. The van der Waals surface area contributed by atoms with Gasteiger partial charge in [-0.25, -0.2) is 0 Å². The third-order valence-corrected chi connectivity index (χ3v) is 9.48.